The largest absolute Gasteiger partial charge is 0.302 e. The van der Waals surface area contributed by atoms with E-state index >= 15 is 0 Å². The van der Waals surface area contributed by atoms with Gasteiger partial charge in [0.05, 0.1) is 11.4 Å². The van der Waals surface area contributed by atoms with E-state index in [0.29, 0.717) is 0 Å². The van der Waals surface area contributed by atoms with E-state index < -0.39 is 0 Å². The van der Waals surface area contributed by atoms with Crippen LogP contribution in [0.25, 0.3) is 11.3 Å². The molecule has 2 aliphatic heterocycles. The Hall–Kier alpha value is -1.74. The Kier molecular flexibility index (Phi) is 3.26. The highest BCUT2D eigenvalue weighted by molar-refractivity contribution is 5.60. The Bertz CT molecular complexity index is 668. The van der Waals surface area contributed by atoms with Crippen LogP contribution in [0.3, 0.4) is 0 Å². The third kappa shape index (κ3) is 2.34. The van der Waals surface area contributed by atoms with E-state index in [1.807, 2.05) is 0 Å². The van der Waals surface area contributed by atoms with Gasteiger partial charge in [-0.1, -0.05) is 17.2 Å². The molecule has 3 heterocycles. The molecule has 0 N–H and O–H groups in total. The summed E-state index contributed by atoms with van der Waals surface area (Å²) in [4.78, 5) is 2.57. The number of hydrogen-bond acceptors (Lipinski definition) is 3. The Labute approximate surface area is 132 Å². The molecular formula is C19H23N3. The van der Waals surface area contributed by atoms with Crippen molar-refractivity contribution >= 4 is 0 Å². The highest BCUT2D eigenvalue weighted by Gasteiger charge is 2.43. The van der Waals surface area contributed by atoms with Gasteiger partial charge in [-0.05, 0) is 70.5 Å². The molecule has 0 amide bonds. The fourth-order valence-electron chi connectivity index (χ4n) is 4.22. The third-order valence-electron chi connectivity index (χ3n) is 5.29. The molecule has 3 heteroatoms. The molecule has 4 rings (SSSR count). The maximum absolute atomic E-state index is 4.63. The van der Waals surface area contributed by atoms with E-state index in [2.05, 4.69) is 59.3 Å². The van der Waals surface area contributed by atoms with E-state index in [1.165, 1.54) is 61.3 Å². The van der Waals surface area contributed by atoms with Crippen LogP contribution in [0.1, 0.15) is 36.1 Å². The minimum Gasteiger partial charge on any atom is -0.302 e. The van der Waals surface area contributed by atoms with Gasteiger partial charge in [0, 0.05) is 17.5 Å². The molecule has 0 radical (unpaired) electrons. The predicted octanol–water partition coefficient (Wildman–Crippen LogP) is 3.50. The molecule has 0 spiro atoms. The third-order valence-corrected chi connectivity index (χ3v) is 5.29. The summed E-state index contributed by atoms with van der Waals surface area (Å²) in [6, 6.07) is 10.9. The van der Waals surface area contributed by atoms with Crippen molar-refractivity contribution in [1.82, 2.24) is 15.1 Å². The van der Waals surface area contributed by atoms with E-state index in [4.69, 9.17) is 0 Å². The lowest BCUT2D eigenvalue weighted by Gasteiger charge is -2.33. The van der Waals surface area contributed by atoms with Crippen LogP contribution in [0.4, 0.5) is 0 Å². The van der Waals surface area contributed by atoms with E-state index in [1.54, 1.807) is 0 Å². The first kappa shape index (κ1) is 13.9. The highest BCUT2D eigenvalue weighted by Crippen LogP contribution is 2.41. The summed E-state index contributed by atoms with van der Waals surface area (Å²) in [5.74, 6) is 0. The van der Waals surface area contributed by atoms with Gasteiger partial charge in [0.15, 0.2) is 0 Å². The minimum absolute atomic E-state index is 0.270. The van der Waals surface area contributed by atoms with Gasteiger partial charge in [0.2, 0.25) is 0 Å². The van der Waals surface area contributed by atoms with E-state index in [-0.39, 0.29) is 5.41 Å². The van der Waals surface area contributed by atoms with Crippen molar-refractivity contribution < 1.29 is 0 Å². The maximum Gasteiger partial charge on any atom is 0.0930 e. The first-order valence-corrected chi connectivity index (χ1v) is 8.30. The number of hydrogen-bond donors (Lipinski definition) is 0. The molecule has 1 aromatic heterocycles. The number of aromatic nitrogens is 2. The van der Waals surface area contributed by atoms with Gasteiger partial charge >= 0.3 is 0 Å². The zero-order valence-electron chi connectivity index (χ0n) is 13.5. The normalized spacial score (nSPS) is 27.1. The van der Waals surface area contributed by atoms with Gasteiger partial charge in [0.1, 0.15) is 0 Å². The summed E-state index contributed by atoms with van der Waals surface area (Å²) in [5, 5.41) is 9.18. The Morgan fingerprint density at radius 1 is 0.955 bits per heavy atom. The Balaban J connectivity index is 1.66. The molecule has 2 bridgehead atoms. The summed E-state index contributed by atoms with van der Waals surface area (Å²) in [6.07, 6.45) is 3.80. The van der Waals surface area contributed by atoms with Crippen LogP contribution in [0, 0.1) is 13.8 Å². The maximum atomic E-state index is 4.63. The van der Waals surface area contributed by atoms with Crippen molar-refractivity contribution in [2.24, 2.45) is 0 Å². The Morgan fingerprint density at radius 3 is 2.50 bits per heavy atom. The molecule has 2 aromatic rings. The number of benzene rings is 1. The van der Waals surface area contributed by atoms with Gasteiger partial charge in [-0.2, -0.15) is 10.2 Å². The van der Waals surface area contributed by atoms with E-state index in [9.17, 15) is 0 Å². The minimum atomic E-state index is 0.270. The smallest absolute Gasteiger partial charge is 0.0930 e. The lowest BCUT2D eigenvalue weighted by atomic mass is 9.78. The molecule has 3 nitrogen and oxygen atoms in total. The summed E-state index contributed by atoms with van der Waals surface area (Å²) >= 11 is 0. The topological polar surface area (TPSA) is 29.0 Å². The number of fused-ring (bicyclic) bond motifs is 2. The van der Waals surface area contributed by atoms with Crippen molar-refractivity contribution in [2.75, 3.05) is 19.6 Å². The standard InChI is InChI=1S/C19H23N3/c1-14-10-15(2)12-16(11-14)17-4-5-18(21-20-17)19-6-3-8-22(13-19)9-7-19/h4-5,10-12H,3,6-9,13H2,1-2H3. The highest BCUT2D eigenvalue weighted by atomic mass is 15.2. The average Bonchev–Trinajstić information content (AvgIpc) is 2.82. The van der Waals surface area contributed by atoms with Crippen LogP contribution >= 0.6 is 0 Å². The van der Waals surface area contributed by atoms with Crippen molar-refractivity contribution in [3.05, 3.63) is 47.2 Å². The average molecular weight is 293 g/mol. The second-order valence-corrected chi connectivity index (χ2v) is 7.09. The van der Waals surface area contributed by atoms with Crippen molar-refractivity contribution in [3.8, 4) is 11.3 Å². The number of rotatable bonds is 2. The van der Waals surface area contributed by atoms with Gasteiger partial charge < -0.3 is 4.90 Å². The summed E-state index contributed by atoms with van der Waals surface area (Å²) in [6.45, 7) is 7.92. The fourth-order valence-corrected chi connectivity index (χ4v) is 4.22. The molecule has 2 unspecified atom stereocenters. The number of piperidine rings is 1. The molecule has 1 aromatic carbocycles. The van der Waals surface area contributed by atoms with E-state index in [0.717, 1.165) is 5.69 Å². The lowest BCUT2D eigenvalue weighted by molar-refractivity contribution is 0.239. The first-order valence-electron chi connectivity index (χ1n) is 8.30. The van der Waals surface area contributed by atoms with Gasteiger partial charge in [0.25, 0.3) is 0 Å². The lowest BCUT2D eigenvalue weighted by Crippen LogP contribution is -2.37. The fraction of sp³-hybridized carbons (Fsp3) is 0.474. The van der Waals surface area contributed by atoms with Crippen LogP contribution in [-0.2, 0) is 5.41 Å². The number of nitrogens with zero attached hydrogens (tertiary/aromatic N) is 3. The first-order chi connectivity index (χ1) is 10.6. The number of aryl methyl sites for hydroxylation is 2. The Morgan fingerprint density at radius 2 is 1.77 bits per heavy atom. The molecule has 0 saturated carbocycles. The quantitative estimate of drug-likeness (QED) is 0.848. The zero-order chi connectivity index (χ0) is 15.2. The second-order valence-electron chi connectivity index (χ2n) is 7.09. The van der Waals surface area contributed by atoms with Gasteiger partial charge in [-0.15, -0.1) is 0 Å². The zero-order valence-corrected chi connectivity index (χ0v) is 13.5. The SMILES string of the molecule is Cc1cc(C)cc(-c2ccc(C34CCCN(CC3)C4)nn2)c1. The van der Waals surface area contributed by atoms with Crippen molar-refractivity contribution in [2.45, 2.75) is 38.5 Å². The molecule has 114 valence electrons. The van der Waals surface area contributed by atoms with Crippen LogP contribution in [0.5, 0.6) is 0 Å². The molecule has 2 saturated heterocycles. The molecule has 2 fully saturated rings. The van der Waals surface area contributed by atoms with Crippen LogP contribution in [0.2, 0.25) is 0 Å². The molecule has 2 aliphatic rings. The summed E-state index contributed by atoms with van der Waals surface area (Å²) < 4.78 is 0. The summed E-state index contributed by atoms with van der Waals surface area (Å²) in [7, 11) is 0. The predicted molar refractivity (Wildman–Crippen MR) is 88.9 cm³/mol. The van der Waals surface area contributed by atoms with Crippen molar-refractivity contribution in [3.63, 3.8) is 0 Å². The molecular weight excluding hydrogens is 270 g/mol. The second kappa shape index (κ2) is 5.17. The van der Waals surface area contributed by atoms with Crippen LogP contribution in [0.15, 0.2) is 30.3 Å². The van der Waals surface area contributed by atoms with Crippen LogP contribution < -0.4 is 0 Å². The van der Waals surface area contributed by atoms with Gasteiger partial charge in [-0.3, -0.25) is 0 Å². The molecule has 2 atom stereocenters. The van der Waals surface area contributed by atoms with Gasteiger partial charge in [-0.25, -0.2) is 0 Å². The van der Waals surface area contributed by atoms with Crippen molar-refractivity contribution in [1.29, 1.82) is 0 Å². The molecule has 0 aliphatic carbocycles. The molecule has 22 heavy (non-hydrogen) atoms. The monoisotopic (exact) mass is 293 g/mol. The van der Waals surface area contributed by atoms with Crippen LogP contribution in [-0.4, -0.2) is 34.7 Å². The summed E-state index contributed by atoms with van der Waals surface area (Å²) in [5.41, 5.74) is 6.18.